The van der Waals surface area contributed by atoms with E-state index in [0.29, 0.717) is 23.5 Å². The monoisotopic (exact) mass is 205 g/mol. The Kier molecular flexibility index (Phi) is 2.58. The van der Waals surface area contributed by atoms with E-state index in [4.69, 9.17) is 5.73 Å². The fourth-order valence-electron chi connectivity index (χ4n) is 1.70. The standard InChI is InChI=1S/C11H15N3O/c1-2-7-6-9(7)14-11(15)8-4-3-5-10(12)13-8/h3-5,7,9H,2,6H2,1H3,(H2,12,13)(H,14,15). The molecule has 15 heavy (non-hydrogen) atoms. The summed E-state index contributed by atoms with van der Waals surface area (Å²) in [7, 11) is 0. The minimum absolute atomic E-state index is 0.122. The number of nitrogen functional groups attached to an aromatic ring is 1. The summed E-state index contributed by atoms with van der Waals surface area (Å²) < 4.78 is 0. The lowest BCUT2D eigenvalue weighted by Crippen LogP contribution is -2.27. The summed E-state index contributed by atoms with van der Waals surface area (Å²) in [6, 6.07) is 5.42. The second-order valence-electron chi connectivity index (χ2n) is 3.93. The molecule has 1 aliphatic rings. The molecule has 80 valence electrons. The van der Waals surface area contributed by atoms with Crippen molar-refractivity contribution in [2.24, 2.45) is 5.92 Å². The van der Waals surface area contributed by atoms with Gasteiger partial charge in [0.25, 0.3) is 5.91 Å². The first-order chi connectivity index (χ1) is 7.20. The molecule has 0 aliphatic heterocycles. The highest BCUT2D eigenvalue weighted by atomic mass is 16.2. The number of carbonyl (C=O) groups is 1. The third-order valence-electron chi connectivity index (χ3n) is 2.77. The molecular formula is C11H15N3O. The van der Waals surface area contributed by atoms with Crippen molar-refractivity contribution in [2.45, 2.75) is 25.8 Å². The Hall–Kier alpha value is -1.58. The van der Waals surface area contributed by atoms with Crippen LogP contribution in [0.3, 0.4) is 0 Å². The third kappa shape index (κ3) is 2.26. The van der Waals surface area contributed by atoms with E-state index in [0.717, 1.165) is 12.8 Å². The van der Waals surface area contributed by atoms with Crippen LogP contribution in [0.15, 0.2) is 18.2 Å². The number of hydrogen-bond acceptors (Lipinski definition) is 3. The number of amides is 1. The van der Waals surface area contributed by atoms with E-state index < -0.39 is 0 Å². The molecule has 3 N–H and O–H groups in total. The lowest BCUT2D eigenvalue weighted by atomic mass is 10.3. The molecule has 0 saturated heterocycles. The SMILES string of the molecule is CCC1CC1NC(=O)c1cccc(N)n1. The summed E-state index contributed by atoms with van der Waals surface area (Å²) in [5, 5.41) is 2.94. The molecule has 0 aromatic carbocycles. The minimum Gasteiger partial charge on any atom is -0.384 e. The van der Waals surface area contributed by atoms with E-state index in [9.17, 15) is 4.79 Å². The number of nitrogens with two attached hydrogens (primary N) is 1. The molecule has 1 aliphatic carbocycles. The zero-order valence-electron chi connectivity index (χ0n) is 8.73. The Morgan fingerprint density at radius 1 is 1.67 bits per heavy atom. The smallest absolute Gasteiger partial charge is 0.270 e. The molecule has 4 heteroatoms. The molecule has 1 aromatic rings. The maximum Gasteiger partial charge on any atom is 0.270 e. The van der Waals surface area contributed by atoms with Crippen molar-refractivity contribution in [1.82, 2.24) is 10.3 Å². The Labute approximate surface area is 88.9 Å². The van der Waals surface area contributed by atoms with Gasteiger partial charge >= 0.3 is 0 Å². The van der Waals surface area contributed by atoms with Gasteiger partial charge in [-0.05, 0) is 24.5 Å². The van der Waals surface area contributed by atoms with E-state index in [1.807, 2.05) is 0 Å². The first-order valence-electron chi connectivity index (χ1n) is 5.24. The predicted molar refractivity (Wildman–Crippen MR) is 58.3 cm³/mol. The van der Waals surface area contributed by atoms with Crippen LogP contribution in [0.1, 0.15) is 30.3 Å². The van der Waals surface area contributed by atoms with Gasteiger partial charge in [0.2, 0.25) is 0 Å². The molecule has 2 atom stereocenters. The van der Waals surface area contributed by atoms with Crippen molar-refractivity contribution in [2.75, 3.05) is 5.73 Å². The van der Waals surface area contributed by atoms with E-state index in [2.05, 4.69) is 17.2 Å². The van der Waals surface area contributed by atoms with Gasteiger partial charge in [-0.15, -0.1) is 0 Å². The molecule has 0 bridgehead atoms. The molecule has 4 nitrogen and oxygen atoms in total. The van der Waals surface area contributed by atoms with E-state index in [-0.39, 0.29) is 5.91 Å². The Morgan fingerprint density at radius 3 is 3.07 bits per heavy atom. The lowest BCUT2D eigenvalue weighted by Gasteiger charge is -2.03. The topological polar surface area (TPSA) is 68.0 Å². The van der Waals surface area contributed by atoms with Crippen molar-refractivity contribution >= 4 is 11.7 Å². The molecule has 1 heterocycles. The van der Waals surface area contributed by atoms with Gasteiger partial charge in [0.1, 0.15) is 11.5 Å². The highest BCUT2D eigenvalue weighted by Crippen LogP contribution is 2.33. The number of aromatic nitrogens is 1. The van der Waals surface area contributed by atoms with Crippen LogP contribution >= 0.6 is 0 Å². The highest BCUT2D eigenvalue weighted by Gasteiger charge is 2.36. The van der Waals surface area contributed by atoms with Crippen molar-refractivity contribution in [1.29, 1.82) is 0 Å². The van der Waals surface area contributed by atoms with E-state index in [1.165, 1.54) is 0 Å². The zero-order valence-corrected chi connectivity index (χ0v) is 8.73. The van der Waals surface area contributed by atoms with Crippen LogP contribution in [0.5, 0.6) is 0 Å². The molecular weight excluding hydrogens is 190 g/mol. The van der Waals surface area contributed by atoms with Crippen LogP contribution < -0.4 is 11.1 Å². The fourth-order valence-corrected chi connectivity index (χ4v) is 1.70. The average Bonchev–Trinajstić information content (AvgIpc) is 2.96. The average molecular weight is 205 g/mol. The minimum atomic E-state index is -0.122. The van der Waals surface area contributed by atoms with Gasteiger partial charge in [-0.3, -0.25) is 4.79 Å². The van der Waals surface area contributed by atoms with Gasteiger partial charge in [0.05, 0.1) is 0 Å². The number of rotatable bonds is 3. The first kappa shape index (κ1) is 9.96. The normalized spacial score (nSPS) is 23.5. The number of anilines is 1. The molecule has 1 saturated carbocycles. The van der Waals surface area contributed by atoms with E-state index in [1.54, 1.807) is 18.2 Å². The maximum atomic E-state index is 11.7. The summed E-state index contributed by atoms with van der Waals surface area (Å²) in [6.07, 6.45) is 2.21. The van der Waals surface area contributed by atoms with E-state index >= 15 is 0 Å². The Morgan fingerprint density at radius 2 is 2.47 bits per heavy atom. The number of pyridine rings is 1. The van der Waals surface area contributed by atoms with Crippen LogP contribution in [0.2, 0.25) is 0 Å². The van der Waals surface area contributed by atoms with Crippen molar-refractivity contribution in [3.05, 3.63) is 23.9 Å². The number of nitrogens with zero attached hydrogens (tertiary/aromatic N) is 1. The van der Waals surface area contributed by atoms with Crippen LogP contribution in [0, 0.1) is 5.92 Å². The van der Waals surface area contributed by atoms with Gasteiger partial charge in [0.15, 0.2) is 0 Å². The van der Waals surface area contributed by atoms with Crippen LogP contribution in [0.4, 0.5) is 5.82 Å². The quantitative estimate of drug-likeness (QED) is 0.778. The summed E-state index contributed by atoms with van der Waals surface area (Å²) in [6.45, 7) is 2.13. The molecule has 1 amide bonds. The van der Waals surface area contributed by atoms with Gasteiger partial charge in [0, 0.05) is 6.04 Å². The summed E-state index contributed by atoms with van der Waals surface area (Å²) in [5.41, 5.74) is 5.90. The largest absolute Gasteiger partial charge is 0.384 e. The summed E-state index contributed by atoms with van der Waals surface area (Å²) in [4.78, 5) is 15.7. The lowest BCUT2D eigenvalue weighted by molar-refractivity contribution is 0.0944. The summed E-state index contributed by atoms with van der Waals surface area (Å²) >= 11 is 0. The molecule has 2 rings (SSSR count). The Bertz CT molecular complexity index is 378. The zero-order chi connectivity index (χ0) is 10.8. The third-order valence-corrected chi connectivity index (χ3v) is 2.77. The van der Waals surface area contributed by atoms with Crippen LogP contribution in [-0.2, 0) is 0 Å². The highest BCUT2D eigenvalue weighted by molar-refractivity contribution is 5.93. The number of nitrogens with one attached hydrogen (secondary N) is 1. The molecule has 2 unspecified atom stereocenters. The van der Waals surface area contributed by atoms with Crippen molar-refractivity contribution in [3.63, 3.8) is 0 Å². The number of hydrogen-bond donors (Lipinski definition) is 2. The number of carbonyl (C=O) groups excluding carboxylic acids is 1. The summed E-state index contributed by atoms with van der Waals surface area (Å²) in [5.74, 6) is 0.906. The Balaban J connectivity index is 1.97. The van der Waals surface area contributed by atoms with Gasteiger partial charge in [-0.25, -0.2) is 4.98 Å². The van der Waals surface area contributed by atoms with Gasteiger partial charge in [-0.2, -0.15) is 0 Å². The second kappa shape index (κ2) is 3.88. The van der Waals surface area contributed by atoms with Gasteiger partial charge < -0.3 is 11.1 Å². The predicted octanol–water partition coefficient (Wildman–Crippen LogP) is 1.19. The van der Waals surface area contributed by atoms with Crippen molar-refractivity contribution in [3.8, 4) is 0 Å². The fraction of sp³-hybridized carbons (Fsp3) is 0.455. The van der Waals surface area contributed by atoms with Crippen LogP contribution in [0.25, 0.3) is 0 Å². The molecule has 0 radical (unpaired) electrons. The van der Waals surface area contributed by atoms with Crippen LogP contribution in [-0.4, -0.2) is 16.9 Å². The molecule has 1 fully saturated rings. The van der Waals surface area contributed by atoms with Crippen molar-refractivity contribution < 1.29 is 4.79 Å². The molecule has 1 aromatic heterocycles. The maximum absolute atomic E-state index is 11.7. The first-order valence-corrected chi connectivity index (χ1v) is 5.24. The molecule has 0 spiro atoms. The second-order valence-corrected chi connectivity index (χ2v) is 3.93. The van der Waals surface area contributed by atoms with Gasteiger partial charge in [-0.1, -0.05) is 19.4 Å².